The van der Waals surface area contributed by atoms with Crippen molar-refractivity contribution in [3.63, 3.8) is 0 Å². The number of allylic oxidation sites excluding steroid dienone is 2. The number of anilines is 1. The van der Waals surface area contributed by atoms with E-state index in [0.29, 0.717) is 11.8 Å². The van der Waals surface area contributed by atoms with Gasteiger partial charge in [-0.25, -0.2) is 9.69 Å². The van der Waals surface area contributed by atoms with Crippen LogP contribution >= 0.6 is 0 Å². The second-order valence-electron chi connectivity index (χ2n) is 9.49. The van der Waals surface area contributed by atoms with Gasteiger partial charge in [0.1, 0.15) is 0 Å². The zero-order valence-corrected chi connectivity index (χ0v) is 18.4. The predicted molar refractivity (Wildman–Crippen MR) is 121 cm³/mol. The van der Waals surface area contributed by atoms with Gasteiger partial charge >= 0.3 is 5.97 Å². The fourth-order valence-corrected chi connectivity index (χ4v) is 6.12. The molecule has 9 nitrogen and oxygen atoms in total. The normalized spacial score (nSPS) is 29.5. The molecule has 0 aromatic heterocycles. The monoisotopic (exact) mass is 472 g/mol. The third-order valence-electron chi connectivity index (χ3n) is 7.74. The van der Waals surface area contributed by atoms with Crippen molar-refractivity contribution in [3.05, 3.63) is 81.9 Å². The molecule has 176 valence electrons. The van der Waals surface area contributed by atoms with Gasteiger partial charge in [0.15, 0.2) is 6.61 Å². The van der Waals surface area contributed by atoms with Crippen molar-refractivity contribution in [3.8, 4) is 0 Å². The number of para-hydroxylation sites is 1. The molecule has 1 saturated heterocycles. The number of hydrogen-bond acceptors (Lipinski definition) is 7. The van der Waals surface area contributed by atoms with E-state index < -0.39 is 35.1 Å². The molecule has 5 aliphatic rings. The molecular formula is C26H20N2O7. The van der Waals surface area contributed by atoms with E-state index in [2.05, 4.69) is 12.2 Å². The van der Waals surface area contributed by atoms with Crippen LogP contribution in [0.4, 0.5) is 11.4 Å². The number of benzene rings is 2. The number of rotatable bonds is 6. The highest BCUT2D eigenvalue weighted by Gasteiger charge is 2.67. The Hall–Kier alpha value is -4.14. The molecule has 2 aromatic carbocycles. The molecule has 7 rings (SSSR count). The number of ether oxygens (including phenoxy) is 1. The number of nitrogens with zero attached hydrogens (tertiary/aromatic N) is 2. The number of nitro groups is 1. The van der Waals surface area contributed by atoms with Crippen LogP contribution in [-0.4, -0.2) is 35.1 Å². The number of esters is 1. The molecule has 2 amide bonds. The molecular weight excluding hydrogens is 452 g/mol. The Morgan fingerprint density at radius 3 is 2.29 bits per heavy atom. The van der Waals surface area contributed by atoms with Crippen LogP contribution in [-0.2, 0) is 14.3 Å². The molecule has 0 radical (unpaired) electrons. The Morgan fingerprint density at radius 2 is 1.63 bits per heavy atom. The molecule has 1 aliphatic heterocycles. The van der Waals surface area contributed by atoms with Gasteiger partial charge in [-0.3, -0.25) is 24.5 Å². The summed E-state index contributed by atoms with van der Waals surface area (Å²) in [5.74, 6) is -1.83. The highest BCUT2D eigenvalue weighted by molar-refractivity contribution is 6.24. The molecule has 2 aromatic rings. The number of hydrogen-bond donors (Lipinski definition) is 0. The van der Waals surface area contributed by atoms with E-state index in [1.165, 1.54) is 30.3 Å². The number of nitro benzene ring substituents is 1. The Morgan fingerprint density at radius 1 is 0.971 bits per heavy atom. The van der Waals surface area contributed by atoms with Crippen molar-refractivity contribution in [2.24, 2.45) is 35.5 Å². The van der Waals surface area contributed by atoms with Gasteiger partial charge in [0.05, 0.1) is 28.0 Å². The molecule has 6 atom stereocenters. The van der Waals surface area contributed by atoms with Gasteiger partial charge in [0.2, 0.25) is 17.6 Å². The smallest absolute Gasteiger partial charge is 0.340 e. The molecule has 0 spiro atoms. The van der Waals surface area contributed by atoms with Crippen molar-refractivity contribution in [2.45, 2.75) is 6.42 Å². The summed E-state index contributed by atoms with van der Waals surface area (Å²) in [6, 6.07) is 11.3. The van der Waals surface area contributed by atoms with Gasteiger partial charge < -0.3 is 4.74 Å². The van der Waals surface area contributed by atoms with Crippen LogP contribution in [0.1, 0.15) is 27.1 Å². The molecule has 0 N–H and O–H groups in total. The first-order chi connectivity index (χ1) is 16.9. The van der Waals surface area contributed by atoms with Crippen molar-refractivity contribution in [1.29, 1.82) is 0 Å². The lowest BCUT2D eigenvalue weighted by molar-refractivity contribution is -0.384. The van der Waals surface area contributed by atoms with Crippen LogP contribution in [0.25, 0.3) is 0 Å². The number of carbonyl (C=O) groups is 4. The van der Waals surface area contributed by atoms with Crippen LogP contribution in [0.2, 0.25) is 0 Å². The maximum Gasteiger partial charge on any atom is 0.340 e. The molecule has 35 heavy (non-hydrogen) atoms. The van der Waals surface area contributed by atoms with Gasteiger partial charge in [0.25, 0.3) is 5.69 Å². The number of non-ortho nitro benzene ring substituents is 1. The molecule has 3 fully saturated rings. The number of ketones is 1. The van der Waals surface area contributed by atoms with Crippen molar-refractivity contribution >= 4 is 34.9 Å². The molecule has 0 unspecified atom stereocenters. The fourth-order valence-electron chi connectivity index (χ4n) is 6.12. The van der Waals surface area contributed by atoms with Gasteiger partial charge in [-0.2, -0.15) is 0 Å². The lowest BCUT2D eigenvalue weighted by atomic mass is 9.63. The summed E-state index contributed by atoms with van der Waals surface area (Å²) in [4.78, 5) is 63.7. The topological polar surface area (TPSA) is 124 Å². The maximum atomic E-state index is 13.4. The zero-order chi connectivity index (χ0) is 24.4. The first kappa shape index (κ1) is 21.4. The van der Waals surface area contributed by atoms with Crippen LogP contribution < -0.4 is 4.90 Å². The Bertz CT molecular complexity index is 1310. The minimum atomic E-state index is -0.862. The lowest BCUT2D eigenvalue weighted by Gasteiger charge is -2.37. The fraction of sp³-hybridized carbons (Fsp3) is 0.308. The van der Waals surface area contributed by atoms with Gasteiger partial charge in [0, 0.05) is 17.7 Å². The predicted octanol–water partition coefficient (Wildman–Crippen LogP) is 3.19. The Labute approximate surface area is 199 Å². The van der Waals surface area contributed by atoms with Crippen molar-refractivity contribution < 1.29 is 28.8 Å². The number of imide groups is 1. The summed E-state index contributed by atoms with van der Waals surface area (Å²) in [7, 11) is 0. The van der Waals surface area contributed by atoms with Gasteiger partial charge in [-0.05, 0) is 42.2 Å². The maximum absolute atomic E-state index is 13.4. The molecule has 4 aliphatic carbocycles. The van der Waals surface area contributed by atoms with Gasteiger partial charge in [-0.15, -0.1) is 0 Å². The van der Waals surface area contributed by atoms with E-state index in [9.17, 15) is 29.3 Å². The average molecular weight is 472 g/mol. The Balaban J connectivity index is 1.22. The minimum absolute atomic E-state index is 0.00477. The third kappa shape index (κ3) is 3.22. The summed E-state index contributed by atoms with van der Waals surface area (Å²) < 4.78 is 5.19. The van der Waals surface area contributed by atoms with E-state index in [0.717, 1.165) is 17.4 Å². The quantitative estimate of drug-likeness (QED) is 0.158. The van der Waals surface area contributed by atoms with Crippen molar-refractivity contribution in [2.75, 3.05) is 11.5 Å². The number of amides is 2. The second-order valence-corrected chi connectivity index (χ2v) is 9.49. The van der Waals surface area contributed by atoms with Crippen LogP contribution in [0.15, 0.2) is 60.7 Å². The number of Topliss-reactive ketones (excluding diaryl/α,β-unsaturated/α-hetero) is 1. The number of carbonyl (C=O) groups excluding carboxylic acids is 4. The zero-order valence-electron chi connectivity index (χ0n) is 18.4. The van der Waals surface area contributed by atoms with Crippen molar-refractivity contribution in [1.82, 2.24) is 0 Å². The third-order valence-corrected chi connectivity index (χ3v) is 7.74. The van der Waals surface area contributed by atoms with Crippen LogP contribution in [0.3, 0.4) is 0 Å². The standard InChI is InChI=1S/C26H20N2O7/c29-21(13-4-3-5-14(10-13)28(33)34)12-35-26(32)17-6-1-2-7-20(17)27-24(30)22-15-8-9-16(19-11-18(15)19)23(22)25(27)31/h1-10,15-16,18-19,22-23H,11-12H2/t15-,16+,18-,19-,22+,23-/m1/s1. The van der Waals surface area contributed by atoms with Gasteiger partial charge in [-0.1, -0.05) is 36.4 Å². The first-order valence-corrected chi connectivity index (χ1v) is 11.5. The summed E-state index contributed by atoms with van der Waals surface area (Å²) in [5, 5.41) is 10.9. The van der Waals surface area contributed by atoms with Crippen LogP contribution in [0, 0.1) is 45.6 Å². The SMILES string of the molecule is O=C(COC(=O)c1ccccc1N1C(=O)[C@@H]2[C@H]3C=C[C@H]([C@H]4C[C@H]34)[C@@H]2C1=O)c1cccc([N+](=O)[O-])c1. The summed E-state index contributed by atoms with van der Waals surface area (Å²) in [6.07, 6.45) is 5.21. The van der Waals surface area contributed by atoms with E-state index in [4.69, 9.17) is 4.74 Å². The summed E-state index contributed by atoms with van der Waals surface area (Å²) in [5.41, 5.74) is -0.0557. The molecule has 2 saturated carbocycles. The van der Waals surface area contributed by atoms with E-state index in [-0.39, 0.29) is 46.2 Å². The Kier molecular flexibility index (Phi) is 4.70. The highest BCUT2D eigenvalue weighted by atomic mass is 16.6. The molecule has 9 heteroatoms. The minimum Gasteiger partial charge on any atom is -0.454 e. The average Bonchev–Trinajstić information content (AvgIpc) is 3.65. The largest absolute Gasteiger partial charge is 0.454 e. The summed E-state index contributed by atoms with van der Waals surface area (Å²) >= 11 is 0. The lowest BCUT2D eigenvalue weighted by Crippen LogP contribution is -2.40. The van der Waals surface area contributed by atoms with Crippen LogP contribution in [0.5, 0.6) is 0 Å². The van der Waals surface area contributed by atoms with E-state index >= 15 is 0 Å². The summed E-state index contributed by atoms with van der Waals surface area (Å²) in [6.45, 7) is -0.640. The highest BCUT2D eigenvalue weighted by Crippen LogP contribution is 2.65. The molecule has 1 heterocycles. The van der Waals surface area contributed by atoms with E-state index in [1.807, 2.05) is 0 Å². The van der Waals surface area contributed by atoms with E-state index in [1.54, 1.807) is 12.1 Å². The first-order valence-electron chi connectivity index (χ1n) is 11.5. The molecule has 2 bridgehead atoms. The second kappa shape index (κ2) is 7.69.